The van der Waals surface area contributed by atoms with E-state index in [4.69, 9.17) is 5.73 Å². The van der Waals surface area contributed by atoms with Crippen LogP contribution in [-0.2, 0) is 6.18 Å². The molecule has 0 amide bonds. The van der Waals surface area contributed by atoms with E-state index in [0.29, 0.717) is 16.9 Å². The summed E-state index contributed by atoms with van der Waals surface area (Å²) in [6.45, 7) is 0. The third kappa shape index (κ3) is 2.45. The molecule has 0 fully saturated rings. The topological polar surface area (TPSA) is 43.3 Å². The van der Waals surface area contributed by atoms with Gasteiger partial charge in [-0.3, -0.25) is 4.40 Å². The Bertz CT molecular complexity index is 824. The van der Waals surface area contributed by atoms with E-state index in [9.17, 15) is 13.2 Å². The molecule has 0 aliphatic rings. The van der Waals surface area contributed by atoms with E-state index in [-0.39, 0.29) is 5.82 Å². The molecular weight excluding hydrogens is 394 g/mol. The number of alkyl halides is 3. The van der Waals surface area contributed by atoms with Gasteiger partial charge in [-0.2, -0.15) is 13.2 Å². The zero-order valence-electron chi connectivity index (χ0n) is 10.5. The number of nitrogens with zero attached hydrogens (tertiary/aromatic N) is 2. The highest BCUT2D eigenvalue weighted by Crippen LogP contribution is 2.34. The molecule has 0 spiro atoms. The Hall–Kier alpha value is -1.77. The Morgan fingerprint density at radius 1 is 1.10 bits per heavy atom. The van der Waals surface area contributed by atoms with Crippen molar-refractivity contribution in [2.24, 2.45) is 0 Å². The van der Waals surface area contributed by atoms with Gasteiger partial charge in [0.2, 0.25) is 0 Å². The van der Waals surface area contributed by atoms with Crippen LogP contribution in [0.3, 0.4) is 0 Å². The Labute approximate surface area is 131 Å². The van der Waals surface area contributed by atoms with Crippen LogP contribution in [0.4, 0.5) is 19.0 Å². The largest absolute Gasteiger partial charge is 0.416 e. The van der Waals surface area contributed by atoms with E-state index in [1.807, 2.05) is 12.1 Å². The lowest BCUT2D eigenvalue weighted by atomic mass is 10.1. The first-order valence-corrected chi connectivity index (χ1v) is 7.06. The van der Waals surface area contributed by atoms with Crippen molar-refractivity contribution in [1.82, 2.24) is 9.38 Å². The molecule has 2 aromatic heterocycles. The molecule has 2 heterocycles. The van der Waals surface area contributed by atoms with Crippen LogP contribution in [-0.4, -0.2) is 9.38 Å². The van der Waals surface area contributed by atoms with E-state index in [0.717, 1.165) is 15.8 Å². The zero-order chi connectivity index (χ0) is 15.2. The minimum absolute atomic E-state index is 0.207. The third-order valence-corrected chi connectivity index (χ3v) is 3.93. The van der Waals surface area contributed by atoms with Crippen LogP contribution in [0.25, 0.3) is 16.9 Å². The summed E-state index contributed by atoms with van der Waals surface area (Å²) in [7, 11) is 0. The van der Waals surface area contributed by atoms with Gasteiger partial charge in [0.05, 0.1) is 15.0 Å². The van der Waals surface area contributed by atoms with Crippen molar-refractivity contribution < 1.29 is 13.2 Å². The fraction of sp³-hybridized carbons (Fsp3) is 0.0714. The average Bonchev–Trinajstić information content (AvgIpc) is 2.75. The van der Waals surface area contributed by atoms with E-state index in [2.05, 4.69) is 27.6 Å². The van der Waals surface area contributed by atoms with Crippen molar-refractivity contribution in [3.8, 4) is 11.3 Å². The predicted molar refractivity (Wildman–Crippen MR) is 82.8 cm³/mol. The van der Waals surface area contributed by atoms with E-state index in [1.54, 1.807) is 16.5 Å². The summed E-state index contributed by atoms with van der Waals surface area (Å²) in [4.78, 5) is 4.20. The molecule has 0 aliphatic heterocycles. The highest BCUT2D eigenvalue weighted by molar-refractivity contribution is 14.1. The van der Waals surface area contributed by atoms with Crippen LogP contribution in [0.1, 0.15) is 5.56 Å². The van der Waals surface area contributed by atoms with Gasteiger partial charge < -0.3 is 5.73 Å². The number of halogens is 4. The summed E-state index contributed by atoms with van der Waals surface area (Å²) in [5, 5.41) is 0. The normalized spacial score (nSPS) is 12.0. The van der Waals surface area contributed by atoms with Crippen LogP contribution in [0.2, 0.25) is 0 Å². The predicted octanol–water partition coefficient (Wildman–Crippen LogP) is 4.21. The Morgan fingerprint density at radius 3 is 2.52 bits per heavy atom. The number of rotatable bonds is 1. The summed E-state index contributed by atoms with van der Waals surface area (Å²) < 4.78 is 41.1. The summed E-state index contributed by atoms with van der Waals surface area (Å²) in [5.41, 5.74) is 6.65. The van der Waals surface area contributed by atoms with Crippen molar-refractivity contribution in [2.45, 2.75) is 6.18 Å². The van der Waals surface area contributed by atoms with Crippen molar-refractivity contribution in [1.29, 1.82) is 0 Å². The lowest BCUT2D eigenvalue weighted by Gasteiger charge is -2.10. The van der Waals surface area contributed by atoms with Crippen molar-refractivity contribution >= 4 is 34.1 Å². The number of anilines is 1. The smallest absolute Gasteiger partial charge is 0.382 e. The van der Waals surface area contributed by atoms with Crippen molar-refractivity contribution in [3.63, 3.8) is 0 Å². The quantitative estimate of drug-likeness (QED) is 0.489. The maximum atomic E-state index is 12.8. The fourth-order valence-corrected chi connectivity index (χ4v) is 2.89. The summed E-state index contributed by atoms with van der Waals surface area (Å²) in [6, 6.07) is 10.5. The molecule has 0 bridgehead atoms. The molecule has 0 saturated carbocycles. The molecule has 2 N–H and O–H groups in total. The van der Waals surface area contributed by atoms with E-state index >= 15 is 0 Å². The van der Waals surface area contributed by atoms with Crippen molar-refractivity contribution in [3.05, 3.63) is 51.7 Å². The highest BCUT2D eigenvalue weighted by atomic mass is 127. The molecule has 21 heavy (non-hydrogen) atoms. The molecule has 108 valence electrons. The van der Waals surface area contributed by atoms with Crippen LogP contribution >= 0.6 is 22.6 Å². The van der Waals surface area contributed by atoms with Crippen LogP contribution in [0, 0.1) is 3.70 Å². The number of nitrogens with two attached hydrogens (primary N) is 1. The molecule has 0 atom stereocenters. The van der Waals surface area contributed by atoms with Gasteiger partial charge in [-0.25, -0.2) is 4.98 Å². The molecule has 0 unspecified atom stereocenters. The molecule has 0 saturated heterocycles. The van der Waals surface area contributed by atoms with Gasteiger partial charge in [0.15, 0.2) is 5.82 Å². The fourth-order valence-electron chi connectivity index (χ4n) is 2.19. The second-order valence-electron chi connectivity index (χ2n) is 4.47. The molecule has 3 aromatic rings. The summed E-state index contributed by atoms with van der Waals surface area (Å²) in [5.74, 6) is 0.207. The number of benzene rings is 1. The number of aromatic nitrogens is 2. The molecule has 0 radical (unpaired) electrons. The Kier molecular flexibility index (Phi) is 3.31. The summed E-state index contributed by atoms with van der Waals surface area (Å²) in [6.07, 6.45) is -4.39. The third-order valence-electron chi connectivity index (χ3n) is 3.09. The van der Waals surface area contributed by atoms with E-state index < -0.39 is 11.7 Å². The summed E-state index contributed by atoms with van der Waals surface area (Å²) >= 11 is 2.09. The minimum Gasteiger partial charge on any atom is -0.382 e. The molecule has 3 rings (SSSR count). The van der Waals surface area contributed by atoms with Gasteiger partial charge in [0, 0.05) is 5.56 Å². The SMILES string of the molecule is Nc1nc2cccc(I)n2c1-c1cccc(C(F)(F)F)c1. The van der Waals surface area contributed by atoms with Gasteiger partial charge in [-0.1, -0.05) is 18.2 Å². The molecule has 3 nitrogen and oxygen atoms in total. The maximum absolute atomic E-state index is 12.8. The monoisotopic (exact) mass is 403 g/mol. The van der Waals surface area contributed by atoms with Gasteiger partial charge in [0.1, 0.15) is 5.65 Å². The number of nitrogen functional groups attached to an aromatic ring is 1. The van der Waals surface area contributed by atoms with Gasteiger partial charge >= 0.3 is 6.18 Å². The first-order chi connectivity index (χ1) is 9.88. The standard InChI is InChI=1S/C14H9F3IN3/c15-14(16,17)9-4-1-3-8(7-9)12-13(19)20-11-6-2-5-10(18)21(11)12/h1-7H,19H2. The lowest BCUT2D eigenvalue weighted by molar-refractivity contribution is -0.137. The molecule has 7 heteroatoms. The highest BCUT2D eigenvalue weighted by Gasteiger charge is 2.31. The lowest BCUT2D eigenvalue weighted by Crippen LogP contribution is -2.05. The number of imidazole rings is 1. The number of pyridine rings is 1. The van der Waals surface area contributed by atoms with Gasteiger partial charge in [-0.15, -0.1) is 0 Å². The van der Waals surface area contributed by atoms with Crippen LogP contribution < -0.4 is 5.73 Å². The second-order valence-corrected chi connectivity index (χ2v) is 5.57. The van der Waals surface area contributed by atoms with E-state index in [1.165, 1.54) is 6.07 Å². The minimum atomic E-state index is -4.39. The molecule has 1 aromatic carbocycles. The molecular formula is C14H9F3IN3. The number of hydrogen-bond donors (Lipinski definition) is 1. The van der Waals surface area contributed by atoms with Gasteiger partial charge in [0.25, 0.3) is 0 Å². The first kappa shape index (κ1) is 14.2. The van der Waals surface area contributed by atoms with Crippen LogP contribution in [0.5, 0.6) is 0 Å². The second kappa shape index (κ2) is 4.90. The Balaban J connectivity index is 2.28. The maximum Gasteiger partial charge on any atom is 0.416 e. The van der Waals surface area contributed by atoms with Gasteiger partial charge in [-0.05, 0) is 46.9 Å². The Morgan fingerprint density at radius 2 is 1.81 bits per heavy atom. The average molecular weight is 403 g/mol. The van der Waals surface area contributed by atoms with Crippen LogP contribution in [0.15, 0.2) is 42.5 Å². The zero-order valence-corrected chi connectivity index (χ0v) is 12.7. The first-order valence-electron chi connectivity index (χ1n) is 5.98. The number of hydrogen-bond acceptors (Lipinski definition) is 2. The molecule has 0 aliphatic carbocycles. The number of fused-ring (bicyclic) bond motifs is 1. The van der Waals surface area contributed by atoms with Crippen molar-refractivity contribution in [2.75, 3.05) is 5.73 Å².